The van der Waals surface area contributed by atoms with Gasteiger partial charge in [-0.05, 0) is 50.3 Å². The molecule has 0 aromatic heterocycles. The number of anilines is 2. The molecule has 2 amide bonds. The minimum absolute atomic E-state index is 0.00749. The molecule has 154 valence electrons. The number of ether oxygens (including phenoxy) is 1. The molecule has 6 heteroatoms. The van der Waals surface area contributed by atoms with E-state index in [0.29, 0.717) is 24.2 Å². The van der Waals surface area contributed by atoms with Crippen molar-refractivity contribution in [3.05, 3.63) is 23.8 Å². The fourth-order valence-corrected chi connectivity index (χ4v) is 3.90. The topological polar surface area (TPSA) is 70.7 Å². The Hall–Kier alpha value is -2.08. The van der Waals surface area contributed by atoms with E-state index in [1.54, 1.807) is 0 Å². The Kier molecular flexibility index (Phi) is 7.71. The van der Waals surface area contributed by atoms with Gasteiger partial charge in [0, 0.05) is 44.0 Å². The molecule has 0 bridgehead atoms. The molecule has 1 atom stereocenters. The molecule has 2 aliphatic rings. The highest BCUT2D eigenvalue weighted by Crippen LogP contribution is 2.28. The van der Waals surface area contributed by atoms with E-state index in [0.717, 1.165) is 70.3 Å². The van der Waals surface area contributed by atoms with Gasteiger partial charge in [0.25, 0.3) is 5.91 Å². The Bertz CT molecular complexity index is 665. The van der Waals surface area contributed by atoms with Crippen LogP contribution in [0.15, 0.2) is 18.2 Å². The highest BCUT2D eigenvalue weighted by Gasteiger charge is 2.22. The minimum Gasteiger partial charge on any atom is -0.376 e. The fraction of sp³-hybridized carbons (Fsp3) is 0.636. The molecule has 1 unspecified atom stereocenters. The number of carbonyl (C=O) groups excluding carboxylic acids is 2. The van der Waals surface area contributed by atoms with Crippen molar-refractivity contribution in [3.8, 4) is 0 Å². The molecule has 2 saturated heterocycles. The molecular formula is C22H33N3O3. The minimum atomic E-state index is -0.0977. The Balaban J connectivity index is 1.69. The molecule has 2 fully saturated rings. The summed E-state index contributed by atoms with van der Waals surface area (Å²) in [5.74, 6) is -0.0902. The van der Waals surface area contributed by atoms with Crippen LogP contribution in [0.3, 0.4) is 0 Å². The quantitative estimate of drug-likeness (QED) is 0.634. The molecule has 28 heavy (non-hydrogen) atoms. The molecule has 0 saturated carbocycles. The first-order valence-electron chi connectivity index (χ1n) is 10.8. The van der Waals surface area contributed by atoms with Gasteiger partial charge >= 0.3 is 0 Å². The van der Waals surface area contributed by atoms with Gasteiger partial charge in [-0.2, -0.15) is 0 Å². The maximum atomic E-state index is 12.9. The summed E-state index contributed by atoms with van der Waals surface area (Å²) in [6, 6.07) is 5.69. The van der Waals surface area contributed by atoms with Gasteiger partial charge in [0.2, 0.25) is 5.91 Å². The summed E-state index contributed by atoms with van der Waals surface area (Å²) in [5, 5.41) is 5.97. The number of rotatable bonds is 9. The van der Waals surface area contributed by atoms with Gasteiger partial charge in [0.15, 0.2) is 0 Å². The number of nitrogens with one attached hydrogen (secondary N) is 2. The van der Waals surface area contributed by atoms with Crippen molar-refractivity contribution in [1.29, 1.82) is 0 Å². The third-order valence-corrected chi connectivity index (χ3v) is 5.49. The van der Waals surface area contributed by atoms with Gasteiger partial charge < -0.3 is 20.3 Å². The molecule has 1 aromatic rings. The highest BCUT2D eigenvalue weighted by atomic mass is 16.5. The number of benzene rings is 1. The summed E-state index contributed by atoms with van der Waals surface area (Å²) >= 11 is 0. The van der Waals surface area contributed by atoms with Crippen LogP contribution in [0.4, 0.5) is 11.4 Å². The predicted octanol–water partition coefficient (Wildman–Crippen LogP) is 3.71. The van der Waals surface area contributed by atoms with E-state index in [-0.39, 0.29) is 17.9 Å². The summed E-state index contributed by atoms with van der Waals surface area (Å²) in [6.07, 6.45) is 8.00. The zero-order valence-corrected chi connectivity index (χ0v) is 17.0. The van der Waals surface area contributed by atoms with Gasteiger partial charge in [-0.1, -0.05) is 19.8 Å². The average Bonchev–Trinajstić information content (AvgIpc) is 3.40. The second-order valence-electron chi connectivity index (χ2n) is 7.78. The smallest absolute Gasteiger partial charge is 0.253 e. The zero-order chi connectivity index (χ0) is 19.8. The lowest BCUT2D eigenvalue weighted by Gasteiger charge is -2.22. The SMILES string of the molecule is CCCCCC(=O)Nc1ccc(N2CCCC2)c(C(=O)NCC2CCCO2)c1. The third-order valence-electron chi connectivity index (χ3n) is 5.49. The van der Waals surface area contributed by atoms with Crippen LogP contribution in [0, 0.1) is 0 Å². The van der Waals surface area contributed by atoms with Gasteiger partial charge in [-0.3, -0.25) is 9.59 Å². The summed E-state index contributed by atoms with van der Waals surface area (Å²) in [7, 11) is 0. The maximum Gasteiger partial charge on any atom is 0.253 e. The number of unbranched alkanes of at least 4 members (excludes halogenated alkanes) is 2. The Morgan fingerprint density at radius 2 is 2.00 bits per heavy atom. The number of carbonyl (C=O) groups is 2. The lowest BCUT2D eigenvalue weighted by atomic mass is 10.1. The Morgan fingerprint density at radius 1 is 1.18 bits per heavy atom. The lowest BCUT2D eigenvalue weighted by Crippen LogP contribution is -2.33. The van der Waals surface area contributed by atoms with E-state index in [1.807, 2.05) is 18.2 Å². The number of nitrogens with zero attached hydrogens (tertiary/aromatic N) is 1. The van der Waals surface area contributed by atoms with E-state index >= 15 is 0 Å². The van der Waals surface area contributed by atoms with Crippen molar-refractivity contribution in [2.24, 2.45) is 0 Å². The van der Waals surface area contributed by atoms with Crippen molar-refractivity contribution in [1.82, 2.24) is 5.32 Å². The fourth-order valence-electron chi connectivity index (χ4n) is 3.90. The molecule has 2 N–H and O–H groups in total. The van der Waals surface area contributed by atoms with Crippen molar-refractivity contribution < 1.29 is 14.3 Å². The zero-order valence-electron chi connectivity index (χ0n) is 17.0. The van der Waals surface area contributed by atoms with Crippen molar-refractivity contribution >= 4 is 23.2 Å². The van der Waals surface area contributed by atoms with Crippen LogP contribution >= 0.6 is 0 Å². The van der Waals surface area contributed by atoms with Crippen molar-refractivity contribution in [2.45, 2.75) is 64.4 Å². The summed E-state index contributed by atoms with van der Waals surface area (Å²) < 4.78 is 5.61. The van der Waals surface area contributed by atoms with Gasteiger partial charge in [0.05, 0.1) is 11.7 Å². The average molecular weight is 388 g/mol. The molecule has 0 radical (unpaired) electrons. The van der Waals surface area contributed by atoms with E-state index in [2.05, 4.69) is 22.5 Å². The van der Waals surface area contributed by atoms with Crippen LogP contribution in [-0.4, -0.2) is 44.2 Å². The van der Waals surface area contributed by atoms with Gasteiger partial charge in [0.1, 0.15) is 0 Å². The molecule has 3 rings (SSSR count). The highest BCUT2D eigenvalue weighted by molar-refractivity contribution is 6.02. The van der Waals surface area contributed by atoms with Crippen LogP contribution in [-0.2, 0) is 9.53 Å². The third kappa shape index (κ3) is 5.71. The lowest BCUT2D eigenvalue weighted by molar-refractivity contribution is -0.116. The van der Waals surface area contributed by atoms with Gasteiger partial charge in [-0.15, -0.1) is 0 Å². The maximum absolute atomic E-state index is 12.9. The second-order valence-corrected chi connectivity index (χ2v) is 7.78. The first kappa shape index (κ1) is 20.6. The molecule has 6 nitrogen and oxygen atoms in total. The predicted molar refractivity (Wildman–Crippen MR) is 112 cm³/mol. The van der Waals surface area contributed by atoms with Crippen molar-refractivity contribution in [3.63, 3.8) is 0 Å². The molecule has 0 spiro atoms. The van der Waals surface area contributed by atoms with E-state index in [4.69, 9.17) is 4.74 Å². The Labute approximate surface area is 168 Å². The summed E-state index contributed by atoms with van der Waals surface area (Å²) in [5.41, 5.74) is 2.27. The molecule has 0 aliphatic carbocycles. The van der Waals surface area contributed by atoms with Gasteiger partial charge in [-0.25, -0.2) is 0 Å². The van der Waals surface area contributed by atoms with Crippen LogP contribution in [0.2, 0.25) is 0 Å². The molecule has 1 aromatic carbocycles. The monoisotopic (exact) mass is 387 g/mol. The van der Waals surface area contributed by atoms with Crippen LogP contribution in [0.1, 0.15) is 68.6 Å². The molecular weight excluding hydrogens is 354 g/mol. The number of hydrogen-bond donors (Lipinski definition) is 2. The van der Waals surface area contributed by atoms with Crippen LogP contribution in [0.5, 0.6) is 0 Å². The summed E-state index contributed by atoms with van der Waals surface area (Å²) in [4.78, 5) is 27.4. The largest absolute Gasteiger partial charge is 0.376 e. The first-order valence-corrected chi connectivity index (χ1v) is 10.8. The van der Waals surface area contributed by atoms with E-state index < -0.39 is 0 Å². The number of hydrogen-bond acceptors (Lipinski definition) is 4. The van der Waals surface area contributed by atoms with Crippen LogP contribution < -0.4 is 15.5 Å². The van der Waals surface area contributed by atoms with E-state index in [9.17, 15) is 9.59 Å². The van der Waals surface area contributed by atoms with Crippen molar-refractivity contribution in [2.75, 3.05) is 36.5 Å². The molecule has 2 aliphatic heterocycles. The standard InChI is InChI=1S/C22H33N3O3/c1-2-3-4-9-21(26)24-17-10-11-20(25-12-5-6-13-25)19(15-17)22(27)23-16-18-8-7-14-28-18/h10-11,15,18H,2-9,12-14,16H2,1H3,(H,23,27)(H,24,26). The number of amides is 2. The van der Waals surface area contributed by atoms with E-state index in [1.165, 1.54) is 0 Å². The Morgan fingerprint density at radius 3 is 2.71 bits per heavy atom. The summed E-state index contributed by atoms with van der Waals surface area (Å²) in [6.45, 7) is 5.37. The first-order chi connectivity index (χ1) is 13.7. The molecule has 2 heterocycles. The van der Waals surface area contributed by atoms with Crippen LogP contribution in [0.25, 0.3) is 0 Å². The second kappa shape index (κ2) is 10.5. The normalized spacial score (nSPS) is 19.0.